The van der Waals surface area contributed by atoms with Crippen molar-refractivity contribution in [3.05, 3.63) is 35.4 Å². The molecule has 25 heavy (non-hydrogen) atoms. The van der Waals surface area contributed by atoms with E-state index in [0.29, 0.717) is 24.4 Å². The van der Waals surface area contributed by atoms with Crippen LogP contribution in [0.3, 0.4) is 0 Å². The van der Waals surface area contributed by atoms with Crippen LogP contribution >= 0.6 is 0 Å². The summed E-state index contributed by atoms with van der Waals surface area (Å²) in [6.07, 6.45) is 1.38. The fourth-order valence-corrected chi connectivity index (χ4v) is 2.98. The standard InChI is InChI=1S/C20H31N3O2/c1-14-9-11-21-13-17(14)23-18(24)10-12-22-19(25)15-5-7-16(8-6-15)20(2,3)4/h5-8,14,17,21H,9-13H2,1-4H3,(H,22,25)(H,23,24). The lowest BCUT2D eigenvalue weighted by Gasteiger charge is -2.30. The summed E-state index contributed by atoms with van der Waals surface area (Å²) in [5.74, 6) is 0.339. The van der Waals surface area contributed by atoms with Crippen LogP contribution in [0.25, 0.3) is 0 Å². The van der Waals surface area contributed by atoms with E-state index in [2.05, 4.69) is 43.6 Å². The van der Waals surface area contributed by atoms with Gasteiger partial charge in [0.25, 0.3) is 5.91 Å². The molecule has 5 nitrogen and oxygen atoms in total. The highest BCUT2D eigenvalue weighted by molar-refractivity contribution is 5.94. The van der Waals surface area contributed by atoms with E-state index in [4.69, 9.17) is 0 Å². The summed E-state index contributed by atoms with van der Waals surface area (Å²) < 4.78 is 0. The number of benzene rings is 1. The van der Waals surface area contributed by atoms with Crippen molar-refractivity contribution in [2.45, 2.75) is 52.0 Å². The van der Waals surface area contributed by atoms with Crippen molar-refractivity contribution >= 4 is 11.8 Å². The Labute approximate surface area is 151 Å². The zero-order valence-electron chi connectivity index (χ0n) is 15.8. The minimum absolute atomic E-state index is 0.0102. The van der Waals surface area contributed by atoms with Crippen LogP contribution in [0.1, 0.15) is 56.5 Å². The predicted octanol–water partition coefficient (Wildman–Crippen LogP) is 2.22. The summed E-state index contributed by atoms with van der Waals surface area (Å²) in [4.78, 5) is 24.2. The summed E-state index contributed by atoms with van der Waals surface area (Å²) >= 11 is 0. The minimum Gasteiger partial charge on any atom is -0.352 e. The monoisotopic (exact) mass is 345 g/mol. The maximum Gasteiger partial charge on any atom is 0.251 e. The van der Waals surface area contributed by atoms with Gasteiger partial charge in [-0.05, 0) is 42.0 Å². The quantitative estimate of drug-likeness (QED) is 0.766. The second-order valence-electron chi connectivity index (χ2n) is 7.98. The molecular weight excluding hydrogens is 314 g/mol. The van der Waals surface area contributed by atoms with Crippen LogP contribution in [0.5, 0.6) is 0 Å². The predicted molar refractivity (Wildman–Crippen MR) is 101 cm³/mol. The van der Waals surface area contributed by atoms with Crippen LogP contribution in [0.15, 0.2) is 24.3 Å². The van der Waals surface area contributed by atoms with Crippen LogP contribution in [0.2, 0.25) is 0 Å². The molecule has 1 fully saturated rings. The lowest BCUT2D eigenvalue weighted by atomic mass is 9.87. The molecule has 0 aliphatic carbocycles. The van der Waals surface area contributed by atoms with Crippen molar-refractivity contribution in [2.24, 2.45) is 5.92 Å². The molecule has 1 aliphatic heterocycles. The Balaban J connectivity index is 1.75. The first-order valence-electron chi connectivity index (χ1n) is 9.16. The highest BCUT2D eigenvalue weighted by atomic mass is 16.2. The number of carbonyl (C=O) groups is 2. The number of rotatable bonds is 5. The third-order valence-electron chi connectivity index (χ3n) is 4.82. The van der Waals surface area contributed by atoms with E-state index in [1.54, 1.807) is 0 Å². The second-order valence-corrected chi connectivity index (χ2v) is 7.98. The van der Waals surface area contributed by atoms with Gasteiger partial charge in [0.2, 0.25) is 5.91 Å². The van der Waals surface area contributed by atoms with Crippen LogP contribution in [-0.2, 0) is 10.2 Å². The molecule has 0 spiro atoms. The summed E-state index contributed by atoms with van der Waals surface area (Å²) in [6, 6.07) is 7.83. The molecule has 1 aromatic carbocycles. The third kappa shape index (κ3) is 5.85. The maximum atomic E-state index is 12.2. The second kappa shape index (κ2) is 8.48. The highest BCUT2D eigenvalue weighted by Crippen LogP contribution is 2.22. The molecule has 1 saturated heterocycles. The van der Waals surface area contributed by atoms with Gasteiger partial charge >= 0.3 is 0 Å². The number of hydrogen-bond donors (Lipinski definition) is 3. The molecule has 5 heteroatoms. The molecule has 2 rings (SSSR count). The van der Waals surface area contributed by atoms with Crippen LogP contribution in [0, 0.1) is 5.92 Å². The first-order chi connectivity index (χ1) is 11.8. The van der Waals surface area contributed by atoms with Gasteiger partial charge in [-0.15, -0.1) is 0 Å². The van der Waals surface area contributed by atoms with Crippen molar-refractivity contribution in [1.29, 1.82) is 0 Å². The summed E-state index contributed by atoms with van der Waals surface area (Å²) in [5.41, 5.74) is 1.88. The smallest absolute Gasteiger partial charge is 0.251 e. The fourth-order valence-electron chi connectivity index (χ4n) is 2.98. The molecule has 1 heterocycles. The van der Waals surface area contributed by atoms with Crippen LogP contribution in [-0.4, -0.2) is 37.5 Å². The van der Waals surface area contributed by atoms with Gasteiger partial charge in [-0.3, -0.25) is 9.59 Å². The lowest BCUT2D eigenvalue weighted by Crippen LogP contribution is -2.50. The van der Waals surface area contributed by atoms with Crippen molar-refractivity contribution in [3.8, 4) is 0 Å². The molecular formula is C20H31N3O2. The zero-order valence-corrected chi connectivity index (χ0v) is 15.8. The minimum atomic E-state index is -0.138. The summed E-state index contributed by atoms with van der Waals surface area (Å²) in [7, 11) is 0. The fraction of sp³-hybridized carbons (Fsp3) is 0.600. The average Bonchev–Trinajstić information content (AvgIpc) is 2.56. The molecule has 2 atom stereocenters. The van der Waals surface area contributed by atoms with Gasteiger partial charge in [-0.1, -0.05) is 39.8 Å². The van der Waals surface area contributed by atoms with Crippen LogP contribution in [0.4, 0.5) is 0 Å². The van der Waals surface area contributed by atoms with E-state index in [1.165, 1.54) is 5.56 Å². The van der Waals surface area contributed by atoms with Crippen molar-refractivity contribution in [2.75, 3.05) is 19.6 Å². The van der Waals surface area contributed by atoms with Crippen LogP contribution < -0.4 is 16.0 Å². The number of hydrogen-bond acceptors (Lipinski definition) is 3. The largest absolute Gasteiger partial charge is 0.352 e. The SMILES string of the molecule is CC1CCNCC1NC(=O)CCNC(=O)c1ccc(C(C)(C)C)cc1. The molecule has 3 N–H and O–H groups in total. The molecule has 138 valence electrons. The number of piperidine rings is 1. The van der Waals surface area contributed by atoms with Gasteiger partial charge in [0.1, 0.15) is 0 Å². The number of nitrogens with one attached hydrogen (secondary N) is 3. The highest BCUT2D eigenvalue weighted by Gasteiger charge is 2.22. The Bertz CT molecular complexity index is 590. The van der Waals surface area contributed by atoms with Gasteiger partial charge in [0.05, 0.1) is 0 Å². The summed E-state index contributed by atoms with van der Waals surface area (Å²) in [5, 5.41) is 9.17. The lowest BCUT2D eigenvalue weighted by molar-refractivity contribution is -0.122. The Kier molecular flexibility index (Phi) is 6.59. The molecule has 0 bridgehead atoms. The van der Waals surface area contributed by atoms with Gasteiger partial charge in [0, 0.05) is 31.1 Å². The average molecular weight is 345 g/mol. The van der Waals surface area contributed by atoms with E-state index < -0.39 is 0 Å². The maximum absolute atomic E-state index is 12.2. The molecule has 2 unspecified atom stereocenters. The van der Waals surface area contributed by atoms with Gasteiger partial charge in [-0.2, -0.15) is 0 Å². The Hall–Kier alpha value is -1.88. The topological polar surface area (TPSA) is 70.2 Å². The third-order valence-corrected chi connectivity index (χ3v) is 4.82. The van der Waals surface area contributed by atoms with Crippen molar-refractivity contribution in [3.63, 3.8) is 0 Å². The van der Waals surface area contributed by atoms with E-state index in [1.807, 2.05) is 24.3 Å². The molecule has 1 aliphatic rings. The molecule has 0 radical (unpaired) electrons. The molecule has 2 amide bonds. The van der Waals surface area contributed by atoms with E-state index in [-0.39, 0.29) is 23.3 Å². The van der Waals surface area contributed by atoms with E-state index in [0.717, 1.165) is 19.5 Å². The van der Waals surface area contributed by atoms with Gasteiger partial charge in [-0.25, -0.2) is 0 Å². The first kappa shape index (κ1) is 19.4. The number of carbonyl (C=O) groups excluding carboxylic acids is 2. The Morgan fingerprint density at radius 2 is 1.88 bits per heavy atom. The first-order valence-corrected chi connectivity index (χ1v) is 9.16. The van der Waals surface area contributed by atoms with Crippen molar-refractivity contribution < 1.29 is 9.59 Å². The Morgan fingerprint density at radius 3 is 2.48 bits per heavy atom. The Morgan fingerprint density at radius 1 is 1.20 bits per heavy atom. The molecule has 1 aromatic rings. The zero-order chi connectivity index (χ0) is 18.4. The molecule has 0 aromatic heterocycles. The number of amides is 2. The van der Waals surface area contributed by atoms with E-state index >= 15 is 0 Å². The van der Waals surface area contributed by atoms with E-state index in [9.17, 15) is 9.59 Å². The normalized spacial score (nSPS) is 20.8. The van der Waals surface area contributed by atoms with Crippen molar-refractivity contribution in [1.82, 2.24) is 16.0 Å². The van der Waals surface area contributed by atoms with Gasteiger partial charge in [0.15, 0.2) is 0 Å². The summed E-state index contributed by atoms with van der Waals surface area (Å²) in [6.45, 7) is 10.8. The van der Waals surface area contributed by atoms with Gasteiger partial charge < -0.3 is 16.0 Å². The molecule has 0 saturated carbocycles.